The zero-order chi connectivity index (χ0) is 25.4. The number of ether oxygens (including phenoxy) is 1. The van der Waals surface area contributed by atoms with Crippen LogP contribution >= 0.6 is 11.6 Å². The Hall–Kier alpha value is -3.27. The van der Waals surface area contributed by atoms with Crippen molar-refractivity contribution < 1.29 is 17.5 Å². The number of fused-ring (bicyclic) bond motifs is 1. The minimum atomic E-state index is -3.87. The molecule has 0 aliphatic carbocycles. The van der Waals surface area contributed by atoms with Gasteiger partial charge in [-0.15, -0.1) is 0 Å². The van der Waals surface area contributed by atoms with Crippen molar-refractivity contribution in [3.8, 4) is 17.1 Å². The van der Waals surface area contributed by atoms with E-state index in [0.29, 0.717) is 29.5 Å². The SMILES string of the molecule is COc1cc(F)ccc1S(=O)(=O)N1CCN(c2nc(-c3ccc(C)cc3)nc3cc(Cl)ccc23)CC1. The topological polar surface area (TPSA) is 75.6 Å². The molecular weight excluding hydrogens is 503 g/mol. The fourth-order valence-corrected chi connectivity index (χ4v) is 6.02. The average Bonchev–Trinajstić information content (AvgIpc) is 2.88. The van der Waals surface area contributed by atoms with Crippen molar-refractivity contribution in [3.63, 3.8) is 0 Å². The first-order valence-electron chi connectivity index (χ1n) is 11.4. The summed E-state index contributed by atoms with van der Waals surface area (Å²) in [6, 6.07) is 16.9. The molecule has 5 rings (SSSR count). The Morgan fingerprint density at radius 1 is 0.944 bits per heavy atom. The molecule has 186 valence electrons. The van der Waals surface area contributed by atoms with Crippen LogP contribution in [-0.4, -0.2) is 56.0 Å². The molecule has 0 bridgehead atoms. The average molecular weight is 527 g/mol. The first-order chi connectivity index (χ1) is 17.3. The van der Waals surface area contributed by atoms with Crippen LogP contribution in [0.3, 0.4) is 0 Å². The minimum Gasteiger partial charge on any atom is -0.495 e. The Balaban J connectivity index is 1.47. The number of hydrogen-bond donors (Lipinski definition) is 0. The number of anilines is 1. The standard InChI is InChI=1S/C26H24ClFN4O3S/c1-17-3-5-18(6-4-17)25-29-22-15-19(27)7-9-21(22)26(30-25)31-11-13-32(14-12-31)36(33,34)24-10-8-20(28)16-23(24)35-2/h3-10,15-16H,11-14H2,1-2H3. The number of piperazine rings is 1. The van der Waals surface area contributed by atoms with E-state index in [1.807, 2.05) is 37.3 Å². The third-order valence-corrected chi connectivity index (χ3v) is 8.40. The van der Waals surface area contributed by atoms with Crippen LogP contribution in [0.1, 0.15) is 5.56 Å². The molecule has 3 aromatic carbocycles. The monoisotopic (exact) mass is 526 g/mol. The lowest BCUT2D eigenvalue weighted by atomic mass is 10.1. The molecule has 0 atom stereocenters. The summed E-state index contributed by atoms with van der Waals surface area (Å²) in [7, 11) is -2.54. The van der Waals surface area contributed by atoms with E-state index >= 15 is 0 Å². The molecule has 1 aromatic heterocycles. The molecule has 1 fully saturated rings. The zero-order valence-electron chi connectivity index (χ0n) is 19.8. The van der Waals surface area contributed by atoms with Crippen molar-refractivity contribution in [2.24, 2.45) is 0 Å². The van der Waals surface area contributed by atoms with Gasteiger partial charge in [-0.1, -0.05) is 41.4 Å². The number of methoxy groups -OCH3 is 1. The van der Waals surface area contributed by atoms with Crippen LogP contribution in [0, 0.1) is 12.7 Å². The summed E-state index contributed by atoms with van der Waals surface area (Å²) in [4.78, 5) is 11.6. The summed E-state index contributed by atoms with van der Waals surface area (Å²) in [5.41, 5.74) is 2.74. The third kappa shape index (κ3) is 4.61. The highest BCUT2D eigenvalue weighted by molar-refractivity contribution is 7.89. The molecule has 0 radical (unpaired) electrons. The molecule has 0 saturated carbocycles. The fourth-order valence-electron chi connectivity index (χ4n) is 4.29. The lowest BCUT2D eigenvalue weighted by Crippen LogP contribution is -2.49. The Kier molecular flexibility index (Phi) is 6.55. The van der Waals surface area contributed by atoms with Crippen LogP contribution in [-0.2, 0) is 10.0 Å². The van der Waals surface area contributed by atoms with Gasteiger partial charge < -0.3 is 9.64 Å². The van der Waals surface area contributed by atoms with Crippen molar-refractivity contribution in [1.29, 1.82) is 0 Å². The van der Waals surface area contributed by atoms with Crippen LogP contribution < -0.4 is 9.64 Å². The van der Waals surface area contributed by atoms with Gasteiger partial charge in [-0.3, -0.25) is 0 Å². The highest BCUT2D eigenvalue weighted by Gasteiger charge is 2.32. The Morgan fingerprint density at radius 2 is 1.67 bits per heavy atom. The summed E-state index contributed by atoms with van der Waals surface area (Å²) in [6.45, 7) is 3.34. The van der Waals surface area contributed by atoms with Crippen LogP contribution in [0.25, 0.3) is 22.3 Å². The van der Waals surface area contributed by atoms with Gasteiger partial charge in [0, 0.05) is 48.2 Å². The zero-order valence-corrected chi connectivity index (χ0v) is 21.4. The van der Waals surface area contributed by atoms with Gasteiger partial charge in [0.15, 0.2) is 5.82 Å². The summed E-state index contributed by atoms with van der Waals surface area (Å²) in [5, 5.41) is 1.41. The molecular formula is C26H24ClFN4O3S. The van der Waals surface area contributed by atoms with Gasteiger partial charge in [0.25, 0.3) is 0 Å². The number of aromatic nitrogens is 2. The molecule has 10 heteroatoms. The molecule has 0 amide bonds. The number of benzene rings is 3. The Labute approximate surface area is 214 Å². The second-order valence-electron chi connectivity index (χ2n) is 8.58. The predicted molar refractivity (Wildman–Crippen MR) is 139 cm³/mol. The molecule has 0 N–H and O–H groups in total. The highest BCUT2D eigenvalue weighted by atomic mass is 35.5. The maximum absolute atomic E-state index is 13.6. The predicted octanol–water partition coefficient (Wildman–Crippen LogP) is 4.92. The number of nitrogens with zero attached hydrogens (tertiary/aromatic N) is 4. The number of hydrogen-bond acceptors (Lipinski definition) is 6. The Bertz CT molecular complexity index is 1540. The van der Waals surface area contributed by atoms with E-state index in [2.05, 4.69) is 4.90 Å². The fraction of sp³-hybridized carbons (Fsp3) is 0.231. The summed E-state index contributed by atoms with van der Waals surface area (Å²) in [5.74, 6) is 0.726. The van der Waals surface area contributed by atoms with Gasteiger partial charge in [0.05, 0.1) is 12.6 Å². The van der Waals surface area contributed by atoms with Gasteiger partial charge in [-0.25, -0.2) is 22.8 Å². The second-order valence-corrected chi connectivity index (χ2v) is 10.9. The smallest absolute Gasteiger partial charge is 0.246 e. The van der Waals surface area contributed by atoms with Gasteiger partial charge in [-0.05, 0) is 37.3 Å². The first kappa shape index (κ1) is 24.4. The number of rotatable bonds is 5. The van der Waals surface area contributed by atoms with E-state index < -0.39 is 15.8 Å². The molecule has 1 aliphatic rings. The maximum Gasteiger partial charge on any atom is 0.246 e. The molecule has 36 heavy (non-hydrogen) atoms. The van der Waals surface area contributed by atoms with E-state index in [4.69, 9.17) is 26.3 Å². The van der Waals surface area contributed by atoms with Crippen molar-refractivity contribution >= 4 is 38.3 Å². The van der Waals surface area contributed by atoms with Crippen LogP contribution in [0.2, 0.25) is 5.02 Å². The lowest BCUT2D eigenvalue weighted by Gasteiger charge is -2.35. The van der Waals surface area contributed by atoms with Gasteiger partial charge in [0.1, 0.15) is 22.3 Å². The molecule has 0 spiro atoms. The lowest BCUT2D eigenvalue weighted by molar-refractivity contribution is 0.372. The van der Waals surface area contributed by atoms with E-state index in [0.717, 1.165) is 34.5 Å². The maximum atomic E-state index is 13.6. The van der Waals surface area contributed by atoms with E-state index in [9.17, 15) is 12.8 Å². The summed E-state index contributed by atoms with van der Waals surface area (Å²) in [6.07, 6.45) is 0. The molecule has 2 heterocycles. The number of sulfonamides is 1. The molecule has 1 aliphatic heterocycles. The molecule has 1 saturated heterocycles. The van der Waals surface area contributed by atoms with Crippen LogP contribution in [0.5, 0.6) is 5.75 Å². The molecule has 4 aromatic rings. The van der Waals surface area contributed by atoms with Crippen molar-refractivity contribution in [1.82, 2.24) is 14.3 Å². The molecule has 0 unspecified atom stereocenters. The third-order valence-electron chi connectivity index (χ3n) is 6.23. The number of halogens is 2. The van der Waals surface area contributed by atoms with Crippen molar-refractivity contribution in [2.75, 3.05) is 38.2 Å². The van der Waals surface area contributed by atoms with E-state index in [1.54, 1.807) is 12.1 Å². The quantitative estimate of drug-likeness (QED) is 0.367. The Morgan fingerprint density at radius 3 is 2.36 bits per heavy atom. The minimum absolute atomic E-state index is 0.0150. The van der Waals surface area contributed by atoms with Gasteiger partial charge in [0.2, 0.25) is 10.0 Å². The van der Waals surface area contributed by atoms with Gasteiger partial charge in [-0.2, -0.15) is 4.31 Å². The number of aryl methyl sites for hydroxylation is 1. The van der Waals surface area contributed by atoms with Gasteiger partial charge >= 0.3 is 0 Å². The van der Waals surface area contributed by atoms with Crippen LogP contribution in [0.15, 0.2) is 65.6 Å². The summed E-state index contributed by atoms with van der Waals surface area (Å²) >= 11 is 6.26. The summed E-state index contributed by atoms with van der Waals surface area (Å²) < 4.78 is 46.7. The molecule has 7 nitrogen and oxygen atoms in total. The normalized spacial score (nSPS) is 14.8. The van der Waals surface area contributed by atoms with Crippen molar-refractivity contribution in [3.05, 3.63) is 77.1 Å². The van der Waals surface area contributed by atoms with Crippen molar-refractivity contribution in [2.45, 2.75) is 11.8 Å². The van der Waals surface area contributed by atoms with Crippen LogP contribution in [0.4, 0.5) is 10.2 Å². The highest BCUT2D eigenvalue weighted by Crippen LogP contribution is 2.32. The largest absolute Gasteiger partial charge is 0.495 e. The first-order valence-corrected chi connectivity index (χ1v) is 13.2. The van der Waals surface area contributed by atoms with E-state index in [1.165, 1.54) is 17.5 Å². The second kappa shape index (κ2) is 9.65. The van der Waals surface area contributed by atoms with E-state index in [-0.39, 0.29) is 23.7 Å².